The van der Waals surface area contributed by atoms with Crippen LogP contribution in [0, 0.1) is 5.92 Å². The lowest BCUT2D eigenvalue weighted by molar-refractivity contribution is -0.121. The molecule has 0 spiro atoms. The molecule has 0 fully saturated rings. The Balaban J connectivity index is 2.15. The summed E-state index contributed by atoms with van der Waals surface area (Å²) in [6.07, 6.45) is 1.78. The van der Waals surface area contributed by atoms with Gasteiger partial charge in [0.15, 0.2) is 0 Å². The molecule has 2 nitrogen and oxygen atoms in total. The van der Waals surface area contributed by atoms with Crippen LogP contribution in [0.15, 0.2) is 24.3 Å². The summed E-state index contributed by atoms with van der Waals surface area (Å²) in [5.41, 5.74) is 2.51. The number of rotatable bonds is 4. The van der Waals surface area contributed by atoms with Gasteiger partial charge in [-0.2, -0.15) is 0 Å². The number of carbonyl (C=O) groups is 1. The van der Waals surface area contributed by atoms with Crippen LogP contribution in [0.2, 0.25) is 0 Å². The Labute approximate surface area is 103 Å². The highest BCUT2D eigenvalue weighted by atomic mass is 16.1. The normalized spacial score (nSPS) is 20.7. The molecular weight excluding hydrogens is 210 g/mol. The maximum atomic E-state index is 12.3. The molecule has 2 heteroatoms. The Morgan fingerprint density at radius 1 is 1.47 bits per heavy atom. The zero-order valence-electron chi connectivity index (χ0n) is 10.7. The van der Waals surface area contributed by atoms with E-state index in [9.17, 15) is 4.79 Å². The van der Waals surface area contributed by atoms with Crippen LogP contribution < -0.4 is 5.32 Å². The van der Waals surface area contributed by atoms with Gasteiger partial charge in [0.1, 0.15) is 5.78 Å². The molecule has 2 rings (SSSR count). The first-order chi connectivity index (χ1) is 8.22. The fourth-order valence-corrected chi connectivity index (χ4v) is 2.41. The Bertz CT molecular complexity index is 400. The molecule has 1 aliphatic rings. The SMILES string of the molecule is CCC(C)CC(=O)C1CNCc2ccccc21. The van der Waals surface area contributed by atoms with Crippen LogP contribution in [0.1, 0.15) is 43.7 Å². The van der Waals surface area contributed by atoms with E-state index in [0.717, 1.165) is 19.5 Å². The summed E-state index contributed by atoms with van der Waals surface area (Å²) in [6, 6.07) is 8.30. The van der Waals surface area contributed by atoms with E-state index < -0.39 is 0 Å². The molecule has 0 amide bonds. The summed E-state index contributed by atoms with van der Waals surface area (Å²) in [5.74, 6) is 0.949. The second-order valence-electron chi connectivity index (χ2n) is 5.07. The first-order valence-corrected chi connectivity index (χ1v) is 6.53. The number of carbonyl (C=O) groups excluding carboxylic acids is 1. The van der Waals surface area contributed by atoms with Gasteiger partial charge in [-0.05, 0) is 17.0 Å². The van der Waals surface area contributed by atoms with Gasteiger partial charge >= 0.3 is 0 Å². The third kappa shape index (κ3) is 2.75. The summed E-state index contributed by atoms with van der Waals surface area (Å²) in [7, 11) is 0. The van der Waals surface area contributed by atoms with Gasteiger partial charge < -0.3 is 5.32 Å². The Morgan fingerprint density at radius 2 is 2.24 bits per heavy atom. The van der Waals surface area contributed by atoms with Crippen molar-refractivity contribution in [1.82, 2.24) is 5.32 Å². The molecule has 92 valence electrons. The average molecular weight is 231 g/mol. The van der Waals surface area contributed by atoms with E-state index in [4.69, 9.17) is 0 Å². The zero-order chi connectivity index (χ0) is 12.3. The average Bonchev–Trinajstić information content (AvgIpc) is 2.37. The van der Waals surface area contributed by atoms with Gasteiger partial charge in [0, 0.05) is 19.5 Å². The van der Waals surface area contributed by atoms with Gasteiger partial charge in [-0.15, -0.1) is 0 Å². The minimum atomic E-state index is 0.0638. The lowest BCUT2D eigenvalue weighted by Gasteiger charge is -2.26. The van der Waals surface area contributed by atoms with Gasteiger partial charge in [-0.3, -0.25) is 4.79 Å². The van der Waals surface area contributed by atoms with E-state index in [1.165, 1.54) is 11.1 Å². The van der Waals surface area contributed by atoms with Crippen LogP contribution in [0.3, 0.4) is 0 Å². The standard InChI is InChI=1S/C15H21NO/c1-3-11(2)8-15(17)14-10-16-9-12-6-4-5-7-13(12)14/h4-7,11,14,16H,3,8-10H2,1-2H3. The summed E-state index contributed by atoms with van der Waals surface area (Å²) in [6.45, 7) is 5.99. The molecule has 2 unspecified atom stereocenters. The Kier molecular flexibility index (Phi) is 3.95. The second-order valence-corrected chi connectivity index (χ2v) is 5.07. The van der Waals surface area contributed by atoms with Crippen LogP contribution in [0.25, 0.3) is 0 Å². The van der Waals surface area contributed by atoms with Crippen molar-refractivity contribution in [3.8, 4) is 0 Å². The van der Waals surface area contributed by atoms with Gasteiger partial charge in [-0.1, -0.05) is 44.5 Å². The first kappa shape index (κ1) is 12.3. The Hall–Kier alpha value is -1.15. The monoisotopic (exact) mass is 231 g/mol. The first-order valence-electron chi connectivity index (χ1n) is 6.53. The van der Waals surface area contributed by atoms with E-state index in [0.29, 0.717) is 18.1 Å². The summed E-state index contributed by atoms with van der Waals surface area (Å²) in [5, 5.41) is 3.34. The van der Waals surface area contributed by atoms with Crippen LogP contribution >= 0.6 is 0 Å². The highest BCUT2D eigenvalue weighted by Crippen LogP contribution is 2.26. The highest BCUT2D eigenvalue weighted by Gasteiger charge is 2.26. The predicted octanol–water partition coefficient (Wildman–Crippen LogP) is 2.88. The van der Waals surface area contributed by atoms with Crippen molar-refractivity contribution in [1.29, 1.82) is 0 Å². The number of ketones is 1. The molecule has 1 heterocycles. The molecular formula is C15H21NO. The number of hydrogen-bond acceptors (Lipinski definition) is 2. The number of benzene rings is 1. The topological polar surface area (TPSA) is 29.1 Å². The molecule has 0 aromatic heterocycles. The zero-order valence-corrected chi connectivity index (χ0v) is 10.7. The van der Waals surface area contributed by atoms with Crippen molar-refractivity contribution in [3.63, 3.8) is 0 Å². The predicted molar refractivity (Wildman–Crippen MR) is 70.0 cm³/mol. The molecule has 0 saturated carbocycles. The second kappa shape index (κ2) is 5.46. The van der Waals surface area contributed by atoms with Crippen LogP contribution in [-0.4, -0.2) is 12.3 Å². The van der Waals surface area contributed by atoms with E-state index in [-0.39, 0.29) is 5.92 Å². The number of fused-ring (bicyclic) bond motifs is 1. The molecule has 1 aromatic carbocycles. The van der Waals surface area contributed by atoms with Gasteiger partial charge in [-0.25, -0.2) is 0 Å². The number of nitrogens with one attached hydrogen (secondary N) is 1. The van der Waals surface area contributed by atoms with Crippen molar-refractivity contribution in [2.45, 2.75) is 39.2 Å². The molecule has 0 saturated heterocycles. The molecule has 1 N–H and O–H groups in total. The molecule has 1 aliphatic heterocycles. The maximum Gasteiger partial charge on any atom is 0.141 e. The molecule has 0 bridgehead atoms. The van der Waals surface area contributed by atoms with Gasteiger partial charge in [0.05, 0.1) is 5.92 Å². The minimum absolute atomic E-state index is 0.0638. The summed E-state index contributed by atoms with van der Waals surface area (Å²) < 4.78 is 0. The summed E-state index contributed by atoms with van der Waals surface area (Å²) in [4.78, 5) is 12.3. The molecule has 1 aromatic rings. The van der Waals surface area contributed by atoms with Crippen molar-refractivity contribution < 1.29 is 4.79 Å². The quantitative estimate of drug-likeness (QED) is 0.863. The minimum Gasteiger partial charge on any atom is -0.312 e. The van der Waals surface area contributed by atoms with E-state index in [1.54, 1.807) is 0 Å². The summed E-state index contributed by atoms with van der Waals surface area (Å²) >= 11 is 0. The fraction of sp³-hybridized carbons (Fsp3) is 0.533. The van der Waals surface area contributed by atoms with Crippen molar-refractivity contribution >= 4 is 5.78 Å². The van der Waals surface area contributed by atoms with Crippen LogP contribution in [-0.2, 0) is 11.3 Å². The van der Waals surface area contributed by atoms with E-state index in [2.05, 4.69) is 31.3 Å². The third-order valence-corrected chi connectivity index (χ3v) is 3.73. The largest absolute Gasteiger partial charge is 0.312 e. The van der Waals surface area contributed by atoms with Crippen molar-refractivity contribution in [3.05, 3.63) is 35.4 Å². The van der Waals surface area contributed by atoms with Crippen molar-refractivity contribution in [2.75, 3.05) is 6.54 Å². The van der Waals surface area contributed by atoms with Crippen molar-refractivity contribution in [2.24, 2.45) is 5.92 Å². The van der Waals surface area contributed by atoms with Crippen LogP contribution in [0.4, 0.5) is 0 Å². The van der Waals surface area contributed by atoms with E-state index >= 15 is 0 Å². The Morgan fingerprint density at radius 3 is 3.00 bits per heavy atom. The third-order valence-electron chi connectivity index (χ3n) is 3.73. The van der Waals surface area contributed by atoms with Crippen LogP contribution in [0.5, 0.6) is 0 Å². The smallest absolute Gasteiger partial charge is 0.141 e. The maximum absolute atomic E-state index is 12.3. The molecule has 0 aliphatic carbocycles. The van der Waals surface area contributed by atoms with Gasteiger partial charge in [0.25, 0.3) is 0 Å². The molecule has 0 radical (unpaired) electrons. The lowest BCUT2D eigenvalue weighted by atomic mass is 9.84. The fourth-order valence-electron chi connectivity index (χ4n) is 2.41. The highest BCUT2D eigenvalue weighted by molar-refractivity contribution is 5.86. The molecule has 17 heavy (non-hydrogen) atoms. The lowest BCUT2D eigenvalue weighted by Crippen LogP contribution is -2.33. The number of hydrogen-bond donors (Lipinski definition) is 1. The van der Waals surface area contributed by atoms with Gasteiger partial charge in [0.2, 0.25) is 0 Å². The van der Waals surface area contributed by atoms with E-state index in [1.807, 2.05) is 12.1 Å². The number of Topliss-reactive ketones (excluding diaryl/α,β-unsaturated/α-hetero) is 1. The molecule has 2 atom stereocenters.